The van der Waals surface area contributed by atoms with E-state index in [1.165, 1.54) is 0 Å². The SMILES string of the molecule is CCOC(=O)C(CCc1nccn1C)C(=O)OCC. The summed E-state index contributed by atoms with van der Waals surface area (Å²) >= 11 is 0. The molecule has 1 heterocycles. The Labute approximate surface area is 112 Å². The zero-order valence-corrected chi connectivity index (χ0v) is 11.6. The summed E-state index contributed by atoms with van der Waals surface area (Å²) < 4.78 is 11.7. The summed E-state index contributed by atoms with van der Waals surface area (Å²) in [4.78, 5) is 27.7. The van der Waals surface area contributed by atoms with Gasteiger partial charge in [0, 0.05) is 25.9 Å². The van der Waals surface area contributed by atoms with Crippen LogP contribution in [0, 0.1) is 5.92 Å². The third-order valence-corrected chi connectivity index (χ3v) is 2.72. The van der Waals surface area contributed by atoms with Crippen molar-refractivity contribution < 1.29 is 19.1 Å². The van der Waals surface area contributed by atoms with E-state index in [1.807, 2.05) is 17.8 Å². The smallest absolute Gasteiger partial charge is 0.320 e. The predicted molar refractivity (Wildman–Crippen MR) is 68.3 cm³/mol. The molecule has 0 amide bonds. The van der Waals surface area contributed by atoms with Gasteiger partial charge in [0.2, 0.25) is 0 Å². The second kappa shape index (κ2) is 7.56. The first-order valence-electron chi connectivity index (χ1n) is 6.39. The van der Waals surface area contributed by atoms with Crippen molar-refractivity contribution >= 4 is 11.9 Å². The van der Waals surface area contributed by atoms with Crippen LogP contribution in [-0.2, 0) is 32.5 Å². The summed E-state index contributed by atoms with van der Waals surface area (Å²) in [5.74, 6) is -1.12. The fourth-order valence-corrected chi connectivity index (χ4v) is 1.73. The van der Waals surface area contributed by atoms with E-state index in [2.05, 4.69) is 4.98 Å². The first-order valence-corrected chi connectivity index (χ1v) is 6.39. The van der Waals surface area contributed by atoms with Crippen LogP contribution in [0.1, 0.15) is 26.1 Å². The Bertz CT molecular complexity index is 410. The molecule has 0 N–H and O–H groups in total. The van der Waals surface area contributed by atoms with Gasteiger partial charge >= 0.3 is 11.9 Å². The molecule has 0 unspecified atom stereocenters. The van der Waals surface area contributed by atoms with E-state index in [0.29, 0.717) is 12.8 Å². The van der Waals surface area contributed by atoms with Crippen LogP contribution in [-0.4, -0.2) is 34.7 Å². The van der Waals surface area contributed by atoms with E-state index in [9.17, 15) is 9.59 Å². The number of ether oxygens (including phenoxy) is 2. The van der Waals surface area contributed by atoms with Gasteiger partial charge in [-0.2, -0.15) is 0 Å². The van der Waals surface area contributed by atoms with Crippen LogP contribution in [0.4, 0.5) is 0 Å². The molecule has 0 saturated heterocycles. The van der Waals surface area contributed by atoms with Gasteiger partial charge in [-0.15, -0.1) is 0 Å². The summed E-state index contributed by atoms with van der Waals surface area (Å²) in [5, 5.41) is 0. The molecule has 106 valence electrons. The summed E-state index contributed by atoms with van der Waals surface area (Å²) in [6.07, 6.45) is 4.35. The lowest BCUT2D eigenvalue weighted by Gasteiger charge is -2.14. The van der Waals surface area contributed by atoms with Crippen LogP contribution in [0.2, 0.25) is 0 Å². The highest BCUT2D eigenvalue weighted by molar-refractivity contribution is 5.94. The van der Waals surface area contributed by atoms with Crippen LogP contribution < -0.4 is 0 Å². The minimum Gasteiger partial charge on any atom is -0.465 e. The van der Waals surface area contributed by atoms with Gasteiger partial charge in [0.15, 0.2) is 5.92 Å². The third-order valence-electron chi connectivity index (χ3n) is 2.72. The van der Waals surface area contributed by atoms with Crippen molar-refractivity contribution in [3.8, 4) is 0 Å². The molecule has 19 heavy (non-hydrogen) atoms. The molecule has 0 bridgehead atoms. The first-order chi connectivity index (χ1) is 9.10. The second-order valence-corrected chi connectivity index (χ2v) is 4.05. The largest absolute Gasteiger partial charge is 0.465 e. The highest BCUT2D eigenvalue weighted by Crippen LogP contribution is 2.13. The molecule has 1 aromatic rings. The lowest BCUT2D eigenvalue weighted by molar-refractivity contribution is -0.161. The number of aryl methyl sites for hydroxylation is 2. The van der Waals surface area contributed by atoms with Crippen LogP contribution in [0.3, 0.4) is 0 Å². The molecule has 0 saturated carbocycles. The summed E-state index contributed by atoms with van der Waals surface area (Å²) in [6.45, 7) is 3.91. The van der Waals surface area contributed by atoms with E-state index in [-0.39, 0.29) is 13.2 Å². The lowest BCUT2D eigenvalue weighted by atomic mass is 10.0. The van der Waals surface area contributed by atoms with Gasteiger partial charge in [-0.1, -0.05) is 0 Å². The Morgan fingerprint density at radius 3 is 2.26 bits per heavy atom. The topological polar surface area (TPSA) is 70.4 Å². The number of aromatic nitrogens is 2. The fraction of sp³-hybridized carbons (Fsp3) is 0.615. The maximum atomic E-state index is 11.8. The van der Waals surface area contributed by atoms with E-state index in [1.54, 1.807) is 20.0 Å². The minimum atomic E-state index is -0.878. The molecular weight excluding hydrogens is 248 g/mol. The van der Waals surface area contributed by atoms with Crippen molar-refractivity contribution in [3.05, 3.63) is 18.2 Å². The molecule has 0 radical (unpaired) electrons. The molecule has 0 spiro atoms. The number of carbonyl (C=O) groups is 2. The zero-order chi connectivity index (χ0) is 14.3. The van der Waals surface area contributed by atoms with Gasteiger partial charge in [0.05, 0.1) is 13.2 Å². The van der Waals surface area contributed by atoms with E-state index >= 15 is 0 Å². The maximum Gasteiger partial charge on any atom is 0.320 e. The summed E-state index contributed by atoms with van der Waals surface area (Å²) in [6, 6.07) is 0. The van der Waals surface area contributed by atoms with Gasteiger partial charge in [-0.05, 0) is 20.3 Å². The van der Waals surface area contributed by atoms with Crippen LogP contribution in [0.25, 0.3) is 0 Å². The monoisotopic (exact) mass is 268 g/mol. The molecule has 1 rings (SSSR count). The maximum absolute atomic E-state index is 11.8. The number of esters is 2. The quantitative estimate of drug-likeness (QED) is 0.547. The zero-order valence-electron chi connectivity index (χ0n) is 11.6. The highest BCUT2D eigenvalue weighted by Gasteiger charge is 2.29. The summed E-state index contributed by atoms with van der Waals surface area (Å²) in [7, 11) is 1.87. The number of hydrogen-bond acceptors (Lipinski definition) is 5. The molecule has 6 heteroatoms. The molecule has 0 aromatic carbocycles. The molecule has 6 nitrogen and oxygen atoms in total. The standard InChI is InChI=1S/C13H20N2O4/c1-4-18-12(16)10(13(17)19-5-2)6-7-11-14-8-9-15(11)3/h8-10H,4-7H2,1-3H3. The Morgan fingerprint density at radius 2 is 1.84 bits per heavy atom. The number of rotatable bonds is 7. The van der Waals surface area contributed by atoms with Crippen molar-refractivity contribution in [1.29, 1.82) is 0 Å². The first kappa shape index (κ1) is 15.2. The summed E-state index contributed by atoms with van der Waals surface area (Å²) in [5.41, 5.74) is 0. The normalized spacial score (nSPS) is 10.5. The van der Waals surface area contributed by atoms with Crippen molar-refractivity contribution in [1.82, 2.24) is 9.55 Å². The average Bonchev–Trinajstić information content (AvgIpc) is 2.76. The molecule has 0 atom stereocenters. The van der Waals surface area contributed by atoms with Crippen molar-refractivity contribution in [2.75, 3.05) is 13.2 Å². The van der Waals surface area contributed by atoms with Crippen LogP contribution in [0.5, 0.6) is 0 Å². The number of carbonyl (C=O) groups excluding carboxylic acids is 2. The van der Waals surface area contributed by atoms with Gasteiger partial charge in [-0.3, -0.25) is 9.59 Å². The average molecular weight is 268 g/mol. The molecule has 0 aliphatic rings. The van der Waals surface area contributed by atoms with E-state index in [0.717, 1.165) is 5.82 Å². The Kier molecular flexibility index (Phi) is 6.05. The molecule has 0 aliphatic heterocycles. The fourth-order valence-electron chi connectivity index (χ4n) is 1.73. The minimum absolute atomic E-state index is 0.247. The van der Waals surface area contributed by atoms with E-state index in [4.69, 9.17) is 9.47 Å². The lowest BCUT2D eigenvalue weighted by Crippen LogP contribution is -2.29. The number of nitrogens with zero attached hydrogens (tertiary/aromatic N) is 2. The predicted octanol–water partition coefficient (Wildman–Crippen LogP) is 1.10. The Balaban J connectivity index is 2.66. The molecule has 0 aliphatic carbocycles. The van der Waals surface area contributed by atoms with Gasteiger partial charge < -0.3 is 14.0 Å². The molecule has 0 fully saturated rings. The second-order valence-electron chi connectivity index (χ2n) is 4.05. The van der Waals surface area contributed by atoms with Crippen molar-refractivity contribution in [3.63, 3.8) is 0 Å². The molecule has 1 aromatic heterocycles. The van der Waals surface area contributed by atoms with Crippen LogP contribution in [0.15, 0.2) is 12.4 Å². The number of hydrogen-bond donors (Lipinski definition) is 0. The van der Waals surface area contributed by atoms with Gasteiger partial charge in [-0.25, -0.2) is 4.98 Å². The highest BCUT2D eigenvalue weighted by atomic mass is 16.6. The third kappa shape index (κ3) is 4.39. The van der Waals surface area contributed by atoms with Crippen LogP contribution >= 0.6 is 0 Å². The van der Waals surface area contributed by atoms with E-state index < -0.39 is 17.9 Å². The van der Waals surface area contributed by atoms with Crippen molar-refractivity contribution in [2.45, 2.75) is 26.7 Å². The van der Waals surface area contributed by atoms with Crippen molar-refractivity contribution in [2.24, 2.45) is 13.0 Å². The Morgan fingerprint density at radius 1 is 1.26 bits per heavy atom. The van der Waals surface area contributed by atoms with Gasteiger partial charge in [0.25, 0.3) is 0 Å². The van der Waals surface area contributed by atoms with Gasteiger partial charge in [0.1, 0.15) is 5.82 Å². The Hall–Kier alpha value is -1.85. The number of imidazole rings is 1. The molecular formula is C13H20N2O4.